The molecule has 1 aliphatic heterocycles. The summed E-state index contributed by atoms with van der Waals surface area (Å²) in [5.41, 5.74) is 1.46. The molecule has 150 valence electrons. The summed E-state index contributed by atoms with van der Waals surface area (Å²) in [6, 6.07) is 10.1. The van der Waals surface area contributed by atoms with E-state index in [9.17, 15) is 4.79 Å². The predicted octanol–water partition coefficient (Wildman–Crippen LogP) is 2.27. The molecule has 1 amide bonds. The lowest BCUT2D eigenvalue weighted by molar-refractivity contribution is 0.0398. The highest BCUT2D eigenvalue weighted by Crippen LogP contribution is 2.12. The number of aromatic nitrogens is 2. The van der Waals surface area contributed by atoms with Crippen LogP contribution in [0.5, 0.6) is 0 Å². The van der Waals surface area contributed by atoms with Crippen LogP contribution >= 0.6 is 0 Å². The average molecular weight is 383 g/mol. The summed E-state index contributed by atoms with van der Waals surface area (Å²) in [6.45, 7) is 9.82. The van der Waals surface area contributed by atoms with Gasteiger partial charge in [-0.3, -0.25) is 9.69 Å². The van der Waals surface area contributed by atoms with Crippen molar-refractivity contribution >= 4 is 11.7 Å². The Bertz CT molecular complexity index is 730. The Morgan fingerprint density at radius 3 is 2.57 bits per heavy atom. The number of anilines is 1. The van der Waals surface area contributed by atoms with Gasteiger partial charge in [0.25, 0.3) is 5.91 Å². The molecule has 0 saturated carbocycles. The van der Waals surface area contributed by atoms with Gasteiger partial charge in [0.15, 0.2) is 0 Å². The van der Waals surface area contributed by atoms with Crippen LogP contribution in [0.2, 0.25) is 0 Å². The lowest BCUT2D eigenvalue weighted by Gasteiger charge is -2.27. The Kier molecular flexibility index (Phi) is 7.33. The molecule has 7 heteroatoms. The normalized spacial score (nSPS) is 14.8. The maximum atomic E-state index is 12.9. The number of hydrogen-bond acceptors (Lipinski definition) is 6. The van der Waals surface area contributed by atoms with Gasteiger partial charge < -0.3 is 15.0 Å². The number of carbonyl (C=O) groups is 1. The van der Waals surface area contributed by atoms with Crippen molar-refractivity contribution in [2.45, 2.75) is 26.4 Å². The van der Waals surface area contributed by atoms with Crippen molar-refractivity contribution in [3.8, 4) is 0 Å². The van der Waals surface area contributed by atoms with Crippen molar-refractivity contribution in [2.24, 2.45) is 0 Å². The van der Waals surface area contributed by atoms with Gasteiger partial charge >= 0.3 is 0 Å². The van der Waals surface area contributed by atoms with Crippen LogP contribution < -0.4 is 5.32 Å². The van der Waals surface area contributed by atoms with E-state index in [0.29, 0.717) is 18.1 Å². The molecule has 0 spiro atoms. The molecule has 0 atom stereocenters. The molecule has 0 aliphatic carbocycles. The van der Waals surface area contributed by atoms with Gasteiger partial charge in [-0.05, 0) is 19.4 Å². The van der Waals surface area contributed by atoms with Crippen molar-refractivity contribution < 1.29 is 9.53 Å². The third kappa shape index (κ3) is 5.74. The lowest BCUT2D eigenvalue weighted by atomic mass is 10.2. The topological polar surface area (TPSA) is 70.6 Å². The highest BCUT2D eigenvalue weighted by Gasteiger charge is 2.20. The van der Waals surface area contributed by atoms with Gasteiger partial charge in [-0.1, -0.05) is 30.3 Å². The van der Waals surface area contributed by atoms with Crippen molar-refractivity contribution in [2.75, 3.05) is 44.7 Å². The monoisotopic (exact) mass is 383 g/mol. The van der Waals surface area contributed by atoms with Gasteiger partial charge in [0, 0.05) is 38.8 Å². The zero-order valence-electron chi connectivity index (χ0n) is 16.7. The molecule has 1 aliphatic rings. The quantitative estimate of drug-likeness (QED) is 0.754. The third-order valence-electron chi connectivity index (χ3n) is 4.79. The molecule has 1 N–H and O–H groups in total. The summed E-state index contributed by atoms with van der Waals surface area (Å²) < 4.78 is 5.35. The van der Waals surface area contributed by atoms with Crippen molar-refractivity contribution in [1.82, 2.24) is 19.8 Å². The highest BCUT2D eigenvalue weighted by atomic mass is 16.5. The minimum atomic E-state index is -0.105. The number of benzene rings is 1. The fourth-order valence-corrected chi connectivity index (χ4v) is 3.11. The molecule has 1 aromatic heterocycles. The van der Waals surface area contributed by atoms with Gasteiger partial charge in [0.1, 0.15) is 11.5 Å². The zero-order chi connectivity index (χ0) is 19.8. The van der Waals surface area contributed by atoms with E-state index in [-0.39, 0.29) is 11.9 Å². The molecule has 1 saturated heterocycles. The number of carbonyl (C=O) groups excluding carboxylic acids is 1. The van der Waals surface area contributed by atoms with E-state index in [1.54, 1.807) is 12.4 Å². The second-order valence-corrected chi connectivity index (χ2v) is 7.18. The molecule has 3 rings (SSSR count). The van der Waals surface area contributed by atoms with Crippen LogP contribution in [0.1, 0.15) is 29.9 Å². The molecule has 2 aromatic rings. The Hall–Kier alpha value is -2.51. The third-order valence-corrected chi connectivity index (χ3v) is 4.79. The van der Waals surface area contributed by atoms with Crippen LogP contribution in [0, 0.1) is 0 Å². The first-order chi connectivity index (χ1) is 13.6. The molecule has 7 nitrogen and oxygen atoms in total. The largest absolute Gasteiger partial charge is 0.379 e. The van der Waals surface area contributed by atoms with E-state index >= 15 is 0 Å². The fraction of sp³-hybridized carbons (Fsp3) is 0.476. The van der Waals surface area contributed by atoms with Gasteiger partial charge in [-0.2, -0.15) is 0 Å². The van der Waals surface area contributed by atoms with Crippen molar-refractivity contribution in [1.29, 1.82) is 0 Å². The summed E-state index contributed by atoms with van der Waals surface area (Å²) in [7, 11) is 0. The molecule has 0 unspecified atom stereocenters. The summed E-state index contributed by atoms with van der Waals surface area (Å²) in [4.78, 5) is 25.8. The predicted molar refractivity (Wildman–Crippen MR) is 109 cm³/mol. The molecule has 0 bridgehead atoms. The van der Waals surface area contributed by atoms with Gasteiger partial charge in [0.05, 0.1) is 25.6 Å². The van der Waals surface area contributed by atoms with Gasteiger partial charge in [-0.25, -0.2) is 9.97 Å². The molecular weight excluding hydrogens is 354 g/mol. The lowest BCUT2D eigenvalue weighted by Crippen LogP contribution is -2.39. The van der Waals surface area contributed by atoms with Crippen LogP contribution in [-0.4, -0.2) is 71.1 Å². The van der Waals surface area contributed by atoms with E-state index in [0.717, 1.165) is 45.0 Å². The maximum Gasteiger partial charge on any atom is 0.274 e. The molecule has 28 heavy (non-hydrogen) atoms. The molecule has 1 fully saturated rings. The summed E-state index contributed by atoms with van der Waals surface area (Å²) in [5.74, 6) is 0.579. The van der Waals surface area contributed by atoms with Crippen LogP contribution in [0.4, 0.5) is 5.82 Å². The molecule has 2 heterocycles. The number of nitrogens with one attached hydrogen (secondary N) is 1. The Balaban J connectivity index is 1.55. The number of hydrogen-bond donors (Lipinski definition) is 1. The van der Waals surface area contributed by atoms with Crippen LogP contribution in [0.15, 0.2) is 42.7 Å². The average Bonchev–Trinajstić information content (AvgIpc) is 2.73. The summed E-state index contributed by atoms with van der Waals surface area (Å²) in [6.07, 6.45) is 3.19. The number of morpholine rings is 1. The molecule has 0 radical (unpaired) electrons. The fourth-order valence-electron chi connectivity index (χ4n) is 3.11. The van der Waals surface area contributed by atoms with E-state index in [4.69, 9.17) is 4.74 Å². The summed E-state index contributed by atoms with van der Waals surface area (Å²) in [5, 5.41) is 3.27. The smallest absolute Gasteiger partial charge is 0.274 e. The Labute approximate surface area is 166 Å². The van der Waals surface area contributed by atoms with Gasteiger partial charge in [0.2, 0.25) is 0 Å². The summed E-state index contributed by atoms with van der Waals surface area (Å²) >= 11 is 0. The first-order valence-electron chi connectivity index (χ1n) is 9.84. The molecule has 1 aromatic carbocycles. The maximum absolute atomic E-state index is 12.9. The highest BCUT2D eigenvalue weighted by molar-refractivity contribution is 5.92. The second kappa shape index (κ2) is 10.1. The first-order valence-corrected chi connectivity index (χ1v) is 9.84. The van der Waals surface area contributed by atoms with E-state index < -0.39 is 0 Å². The minimum Gasteiger partial charge on any atom is -0.379 e. The van der Waals surface area contributed by atoms with Gasteiger partial charge in [-0.15, -0.1) is 0 Å². The van der Waals surface area contributed by atoms with Crippen LogP contribution in [-0.2, 0) is 11.3 Å². The molecular formula is C21H29N5O2. The van der Waals surface area contributed by atoms with Crippen LogP contribution in [0.3, 0.4) is 0 Å². The standard InChI is InChI=1S/C21H29N5O2/c1-17(2)26(16-18-6-4-3-5-7-18)21(27)19-14-24-20(15-23-19)22-8-9-25-10-12-28-13-11-25/h3-7,14-15,17H,8-13,16H2,1-2H3,(H,22,24). The number of nitrogens with zero attached hydrogens (tertiary/aromatic N) is 4. The zero-order valence-corrected chi connectivity index (χ0v) is 16.7. The minimum absolute atomic E-state index is 0.0702. The van der Waals surface area contributed by atoms with E-state index in [1.807, 2.05) is 49.1 Å². The Morgan fingerprint density at radius 1 is 1.18 bits per heavy atom. The number of rotatable bonds is 8. The second-order valence-electron chi connectivity index (χ2n) is 7.18. The van der Waals surface area contributed by atoms with Crippen molar-refractivity contribution in [3.63, 3.8) is 0 Å². The first kappa shape index (κ1) is 20.2. The SMILES string of the molecule is CC(C)N(Cc1ccccc1)C(=O)c1cnc(NCCN2CCOCC2)cn1. The number of ether oxygens (including phenoxy) is 1. The Morgan fingerprint density at radius 2 is 1.93 bits per heavy atom. The van der Waals surface area contributed by atoms with E-state index in [1.165, 1.54) is 0 Å². The number of amides is 1. The van der Waals surface area contributed by atoms with Crippen molar-refractivity contribution in [3.05, 3.63) is 54.0 Å². The van der Waals surface area contributed by atoms with Crippen LogP contribution in [0.25, 0.3) is 0 Å². The van der Waals surface area contributed by atoms with E-state index in [2.05, 4.69) is 20.2 Å².